The fourth-order valence-electron chi connectivity index (χ4n) is 5.98. The maximum atomic E-state index is 13.8. The Morgan fingerprint density at radius 3 is 2.30 bits per heavy atom. The molecule has 4 heterocycles. The first-order valence-corrected chi connectivity index (χ1v) is 14.2. The van der Waals surface area contributed by atoms with E-state index < -0.39 is 30.5 Å². The van der Waals surface area contributed by atoms with Crippen LogP contribution in [-0.2, 0) is 18.8 Å². The van der Waals surface area contributed by atoms with E-state index in [4.69, 9.17) is 19.0 Å². The Morgan fingerprint density at radius 2 is 1.73 bits per heavy atom. The number of imidazole rings is 1. The summed E-state index contributed by atoms with van der Waals surface area (Å²) < 4.78 is 18.0. The Balaban J connectivity index is 1.38. The van der Waals surface area contributed by atoms with Gasteiger partial charge in [0.05, 0.1) is 29.1 Å². The van der Waals surface area contributed by atoms with Crippen LogP contribution in [0.25, 0.3) is 11.3 Å². The minimum absolute atomic E-state index is 0.0687. The van der Waals surface area contributed by atoms with Crippen LogP contribution in [0.15, 0.2) is 30.5 Å². The van der Waals surface area contributed by atoms with E-state index >= 15 is 0 Å². The van der Waals surface area contributed by atoms with E-state index in [0.29, 0.717) is 25.6 Å². The molecule has 10 nitrogen and oxygen atoms in total. The Labute approximate surface area is 236 Å². The number of hydrogen-bond donors (Lipinski definition) is 3. The summed E-state index contributed by atoms with van der Waals surface area (Å²) in [5.74, 6) is 0.306. The third-order valence-corrected chi connectivity index (χ3v) is 9.21. The molecule has 40 heavy (non-hydrogen) atoms. The number of aromatic amines is 1. The van der Waals surface area contributed by atoms with Crippen molar-refractivity contribution in [3.8, 4) is 11.3 Å². The first-order chi connectivity index (χ1) is 18.8. The lowest BCUT2D eigenvalue weighted by Crippen LogP contribution is -2.51. The minimum Gasteiger partial charge on any atom is -0.465 e. The number of benzene rings is 1. The molecular weight excluding hydrogens is 511 g/mol. The van der Waals surface area contributed by atoms with Crippen molar-refractivity contribution in [1.29, 1.82) is 0 Å². The first-order valence-electron chi connectivity index (χ1n) is 14.2. The quantitative estimate of drug-likeness (QED) is 0.466. The van der Waals surface area contributed by atoms with Gasteiger partial charge in [0.15, 0.2) is 0 Å². The molecule has 2 aromatic rings. The van der Waals surface area contributed by atoms with Crippen molar-refractivity contribution in [3.63, 3.8) is 0 Å². The van der Waals surface area contributed by atoms with Gasteiger partial charge in [-0.25, -0.2) is 9.78 Å². The number of hydrogen-bond acceptors (Lipinski definition) is 6. The summed E-state index contributed by atoms with van der Waals surface area (Å²) in [6.07, 6.45) is 3.08. The van der Waals surface area contributed by atoms with E-state index in [9.17, 15) is 14.7 Å². The highest BCUT2D eigenvalue weighted by Crippen LogP contribution is 2.48. The highest BCUT2D eigenvalue weighted by atomic mass is 16.7. The van der Waals surface area contributed by atoms with Crippen molar-refractivity contribution < 1.29 is 28.7 Å². The van der Waals surface area contributed by atoms with Crippen molar-refractivity contribution >= 4 is 24.6 Å². The highest BCUT2D eigenvalue weighted by Gasteiger charge is 2.52. The van der Waals surface area contributed by atoms with Gasteiger partial charge < -0.3 is 34.4 Å². The van der Waals surface area contributed by atoms with Crippen LogP contribution in [0.4, 0.5) is 4.79 Å². The summed E-state index contributed by atoms with van der Waals surface area (Å²) in [6.45, 7) is 13.7. The molecule has 0 aliphatic carbocycles. The number of carboxylic acid groups (broad SMARTS) is 1. The smallest absolute Gasteiger partial charge is 0.465 e. The number of likely N-dealkylation sites (tertiary alicyclic amines) is 1. The molecule has 1 aromatic carbocycles. The van der Waals surface area contributed by atoms with Crippen LogP contribution < -0.4 is 10.8 Å². The third kappa shape index (κ3) is 5.39. The second-order valence-electron chi connectivity index (χ2n) is 12.9. The van der Waals surface area contributed by atoms with Crippen molar-refractivity contribution in [2.75, 3.05) is 19.8 Å². The Kier molecular flexibility index (Phi) is 7.52. The number of carbonyl (C=O) groups excluding carboxylic acids is 1. The zero-order valence-electron chi connectivity index (χ0n) is 24.3. The zero-order valence-corrected chi connectivity index (χ0v) is 24.3. The molecule has 3 fully saturated rings. The predicted octanol–water partition coefficient (Wildman–Crippen LogP) is 3.74. The summed E-state index contributed by atoms with van der Waals surface area (Å²) in [5.41, 5.74) is 1.87. The molecule has 216 valence electrons. The molecule has 0 saturated carbocycles. The summed E-state index contributed by atoms with van der Waals surface area (Å²) in [5, 5.41) is 11.8. The van der Waals surface area contributed by atoms with Gasteiger partial charge in [-0.2, -0.15) is 0 Å². The number of carbonyl (C=O) groups is 2. The molecule has 11 heteroatoms. The lowest BCUT2D eigenvalue weighted by Gasteiger charge is -2.34. The maximum Gasteiger partial charge on any atom is 0.494 e. The van der Waals surface area contributed by atoms with E-state index in [2.05, 4.69) is 10.3 Å². The highest BCUT2D eigenvalue weighted by molar-refractivity contribution is 6.62. The van der Waals surface area contributed by atoms with Crippen molar-refractivity contribution in [3.05, 3.63) is 36.3 Å². The van der Waals surface area contributed by atoms with Crippen LogP contribution in [0.3, 0.4) is 0 Å². The lowest BCUT2D eigenvalue weighted by molar-refractivity contribution is -0.136. The molecule has 1 spiro atoms. The molecule has 2 atom stereocenters. The number of rotatable bonds is 6. The van der Waals surface area contributed by atoms with E-state index in [1.54, 1.807) is 6.20 Å². The summed E-state index contributed by atoms with van der Waals surface area (Å²) in [6, 6.07) is 6.94. The van der Waals surface area contributed by atoms with Crippen LogP contribution in [0.1, 0.15) is 72.7 Å². The number of amides is 2. The monoisotopic (exact) mass is 552 g/mol. The number of H-pyrrole nitrogens is 1. The number of nitrogens with one attached hydrogen (secondary N) is 2. The SMILES string of the molecule is CC(C)[C@H](NC(=O)O)C(=O)N1CC2(CCOCC2)CC1c1ncc(-c2ccc(B3OC(C)(C)C(C)(C)O3)cc2)[nH]1. The largest absolute Gasteiger partial charge is 0.494 e. The third-order valence-electron chi connectivity index (χ3n) is 9.21. The van der Waals surface area contributed by atoms with Gasteiger partial charge in [-0.3, -0.25) is 4.79 Å². The van der Waals surface area contributed by atoms with Crippen LogP contribution in [0.2, 0.25) is 0 Å². The molecule has 3 aliphatic heterocycles. The Morgan fingerprint density at radius 1 is 1.10 bits per heavy atom. The molecule has 1 aromatic heterocycles. The minimum atomic E-state index is -1.20. The molecule has 2 amide bonds. The zero-order chi connectivity index (χ0) is 28.9. The average molecular weight is 552 g/mol. The molecule has 3 saturated heterocycles. The van der Waals surface area contributed by atoms with Crippen molar-refractivity contribution in [2.24, 2.45) is 11.3 Å². The molecule has 3 N–H and O–H groups in total. The van der Waals surface area contributed by atoms with Crippen LogP contribution in [-0.4, -0.2) is 76.1 Å². The molecule has 5 rings (SSSR count). The second-order valence-corrected chi connectivity index (χ2v) is 12.9. The fraction of sp³-hybridized carbons (Fsp3) is 0.621. The number of aromatic nitrogens is 2. The van der Waals surface area contributed by atoms with Gasteiger partial charge in [-0.05, 0) is 69.3 Å². The summed E-state index contributed by atoms with van der Waals surface area (Å²) >= 11 is 0. The van der Waals surface area contributed by atoms with Gasteiger partial charge in [0.25, 0.3) is 0 Å². The number of ether oxygens (including phenoxy) is 1. The topological polar surface area (TPSA) is 126 Å². The molecule has 1 unspecified atom stereocenters. The van der Waals surface area contributed by atoms with Gasteiger partial charge in [0.1, 0.15) is 11.9 Å². The summed E-state index contributed by atoms with van der Waals surface area (Å²) in [4.78, 5) is 35.3. The standard InChI is InChI=1S/C29H41BN4O6/c1-18(2)23(33-26(36)37)25(35)34-17-29(11-13-38-14-12-29)15-22(34)24-31-16-21(32-24)19-7-9-20(10-8-19)30-39-27(3,4)28(5,6)40-30/h7-10,16,18,22-23,33H,11-15,17H2,1-6H3,(H,31,32)(H,36,37)/t22?,23-/m0/s1. The van der Waals surface area contributed by atoms with E-state index in [1.165, 1.54) is 0 Å². The fourth-order valence-corrected chi connectivity index (χ4v) is 5.98. The second kappa shape index (κ2) is 10.5. The Hall–Kier alpha value is -2.89. The van der Waals surface area contributed by atoms with Gasteiger partial charge >= 0.3 is 13.2 Å². The van der Waals surface area contributed by atoms with E-state index in [-0.39, 0.29) is 23.3 Å². The van der Waals surface area contributed by atoms with Gasteiger partial charge in [-0.1, -0.05) is 38.1 Å². The maximum absolute atomic E-state index is 13.8. The molecular formula is C29H41BN4O6. The van der Waals surface area contributed by atoms with Gasteiger partial charge in [0, 0.05) is 19.8 Å². The van der Waals surface area contributed by atoms with E-state index in [0.717, 1.165) is 36.0 Å². The number of nitrogens with zero attached hydrogens (tertiary/aromatic N) is 2. The molecule has 3 aliphatic rings. The van der Waals surface area contributed by atoms with Crippen molar-refractivity contribution in [2.45, 2.75) is 84.1 Å². The normalized spacial score (nSPS) is 24.0. The van der Waals surface area contributed by atoms with Crippen LogP contribution in [0.5, 0.6) is 0 Å². The lowest BCUT2D eigenvalue weighted by atomic mass is 9.78. The average Bonchev–Trinajstić information content (AvgIpc) is 3.57. The summed E-state index contributed by atoms with van der Waals surface area (Å²) in [7, 11) is -0.432. The predicted molar refractivity (Wildman–Crippen MR) is 151 cm³/mol. The van der Waals surface area contributed by atoms with Gasteiger partial charge in [-0.15, -0.1) is 0 Å². The Bertz CT molecular complexity index is 1220. The van der Waals surface area contributed by atoms with Gasteiger partial charge in [0.2, 0.25) is 5.91 Å². The van der Waals surface area contributed by atoms with Crippen LogP contribution >= 0.6 is 0 Å². The van der Waals surface area contributed by atoms with E-state index in [1.807, 2.05) is 70.7 Å². The van der Waals surface area contributed by atoms with Crippen LogP contribution in [0, 0.1) is 11.3 Å². The molecule has 0 bridgehead atoms. The molecule has 0 radical (unpaired) electrons. The first kappa shape index (κ1) is 28.6. The van der Waals surface area contributed by atoms with Crippen molar-refractivity contribution in [1.82, 2.24) is 20.2 Å².